The summed E-state index contributed by atoms with van der Waals surface area (Å²) in [5.74, 6) is -0.731. The van der Waals surface area contributed by atoms with E-state index in [9.17, 15) is 10.1 Å². The number of aryl methyl sites for hydroxylation is 2. The molecule has 2 aromatic carbocycles. The van der Waals surface area contributed by atoms with Crippen LogP contribution in [-0.4, -0.2) is 37.3 Å². The summed E-state index contributed by atoms with van der Waals surface area (Å²) in [6.45, 7) is 8.69. The summed E-state index contributed by atoms with van der Waals surface area (Å²) in [6.07, 6.45) is 7.49. The third-order valence-electron chi connectivity index (χ3n) is 8.73. The number of hydrogen-bond donors (Lipinski definition) is 1. The summed E-state index contributed by atoms with van der Waals surface area (Å²) in [7, 11) is 0. The number of aliphatic carboxylic acids is 1. The Bertz CT molecular complexity index is 1420. The van der Waals surface area contributed by atoms with Crippen LogP contribution in [0.1, 0.15) is 79.3 Å². The number of carbonyl (C=O) groups is 1. The molecule has 0 fully saturated rings. The average molecular weight is 469 g/mol. The SMILES string of the molecule is CC1(C)c2cc3c(cc2C(C#N)=c2cc4c5c(c21)CCC[N+]=5CCC4)CCCN3CCCC(=O)O. The number of nitrogens with zero attached hydrogens (tertiary/aromatic N) is 3. The summed E-state index contributed by atoms with van der Waals surface area (Å²) in [6, 6.07) is 9.62. The lowest BCUT2D eigenvalue weighted by atomic mass is 9.66. The van der Waals surface area contributed by atoms with Crippen LogP contribution in [0.5, 0.6) is 0 Å². The molecule has 35 heavy (non-hydrogen) atoms. The van der Waals surface area contributed by atoms with Crippen molar-refractivity contribution in [2.45, 2.75) is 70.6 Å². The molecule has 4 aliphatic rings. The molecule has 0 radical (unpaired) electrons. The quantitative estimate of drug-likeness (QED) is 0.701. The summed E-state index contributed by atoms with van der Waals surface area (Å²) < 4.78 is 2.59. The minimum atomic E-state index is -0.731. The minimum Gasteiger partial charge on any atom is -0.481 e. The standard InChI is InChI=1S/C30H33N3O2/c1-30(2)25-17-26-19(7-3-11-32(26)12-6-10-27(34)35)15-22(25)24(18-31)23-16-20-8-4-13-33-14-5-9-21(28(23)30)29(20)33/h15-17H,3-14H2,1-2H3/p+1. The van der Waals surface area contributed by atoms with E-state index in [2.05, 4.69) is 47.6 Å². The van der Waals surface area contributed by atoms with Crippen molar-refractivity contribution in [3.05, 3.63) is 62.2 Å². The summed E-state index contributed by atoms with van der Waals surface area (Å²) in [5.41, 5.74) is 9.78. The van der Waals surface area contributed by atoms with Gasteiger partial charge in [0.2, 0.25) is 5.36 Å². The number of benzene rings is 2. The zero-order valence-electron chi connectivity index (χ0n) is 20.9. The van der Waals surface area contributed by atoms with E-state index in [1.807, 2.05) is 0 Å². The molecule has 0 spiro atoms. The molecule has 3 heterocycles. The Morgan fingerprint density at radius 2 is 1.89 bits per heavy atom. The van der Waals surface area contributed by atoms with E-state index < -0.39 is 5.97 Å². The van der Waals surface area contributed by atoms with Gasteiger partial charge in [0.1, 0.15) is 19.2 Å². The maximum absolute atomic E-state index is 11.1. The molecule has 3 aliphatic heterocycles. The minimum absolute atomic E-state index is 0.199. The molecular weight excluding hydrogens is 434 g/mol. The van der Waals surface area contributed by atoms with E-state index in [4.69, 9.17) is 5.11 Å². The van der Waals surface area contributed by atoms with Crippen molar-refractivity contribution in [1.29, 1.82) is 5.26 Å². The van der Waals surface area contributed by atoms with E-state index in [0.717, 1.165) is 68.2 Å². The Kier molecular flexibility index (Phi) is 5.25. The second-order valence-corrected chi connectivity index (χ2v) is 11.2. The Morgan fingerprint density at radius 3 is 2.66 bits per heavy atom. The number of anilines is 1. The largest absolute Gasteiger partial charge is 0.481 e. The van der Waals surface area contributed by atoms with Crippen molar-refractivity contribution in [3.63, 3.8) is 0 Å². The zero-order chi connectivity index (χ0) is 24.3. The van der Waals surface area contributed by atoms with Gasteiger partial charge < -0.3 is 10.0 Å². The number of carboxylic acid groups (broad SMARTS) is 1. The first-order valence-corrected chi connectivity index (χ1v) is 13.3. The first-order valence-electron chi connectivity index (χ1n) is 13.3. The van der Waals surface area contributed by atoms with Crippen molar-refractivity contribution in [2.24, 2.45) is 0 Å². The second-order valence-electron chi connectivity index (χ2n) is 11.2. The van der Waals surface area contributed by atoms with Crippen LogP contribution < -0.4 is 20.1 Å². The Hall–Kier alpha value is -3.13. The molecule has 6 rings (SSSR count). The van der Waals surface area contributed by atoms with Gasteiger partial charge in [-0.1, -0.05) is 13.8 Å². The van der Waals surface area contributed by atoms with Gasteiger partial charge in [0.05, 0.1) is 5.57 Å². The lowest BCUT2D eigenvalue weighted by Crippen LogP contribution is -2.48. The van der Waals surface area contributed by atoms with Crippen molar-refractivity contribution in [3.8, 4) is 6.07 Å². The molecule has 0 saturated carbocycles. The molecule has 2 aromatic rings. The highest BCUT2D eigenvalue weighted by Crippen LogP contribution is 2.43. The molecule has 0 aromatic heterocycles. The number of carboxylic acids is 1. The predicted molar refractivity (Wildman–Crippen MR) is 137 cm³/mol. The van der Waals surface area contributed by atoms with Crippen molar-refractivity contribution in [1.82, 2.24) is 4.58 Å². The van der Waals surface area contributed by atoms with E-state index in [1.54, 1.807) is 0 Å². The molecule has 0 saturated heterocycles. The molecular formula is C30H34N3O2+. The smallest absolute Gasteiger partial charge is 0.303 e. The maximum atomic E-state index is 11.1. The van der Waals surface area contributed by atoms with Crippen LogP contribution in [0.15, 0.2) is 18.2 Å². The van der Waals surface area contributed by atoms with E-state index in [1.165, 1.54) is 51.7 Å². The molecule has 5 nitrogen and oxygen atoms in total. The zero-order valence-corrected chi connectivity index (χ0v) is 20.9. The molecule has 1 N–H and O–H groups in total. The number of nitriles is 1. The van der Waals surface area contributed by atoms with Gasteiger partial charge in [-0.3, -0.25) is 4.79 Å². The van der Waals surface area contributed by atoms with Gasteiger partial charge in [0.25, 0.3) is 0 Å². The lowest BCUT2D eigenvalue weighted by molar-refractivity contribution is -0.137. The van der Waals surface area contributed by atoms with Gasteiger partial charge in [-0.15, -0.1) is 0 Å². The Morgan fingerprint density at radius 1 is 1.11 bits per heavy atom. The third-order valence-corrected chi connectivity index (χ3v) is 8.73. The van der Waals surface area contributed by atoms with Crippen LogP contribution in [0.3, 0.4) is 0 Å². The maximum Gasteiger partial charge on any atom is 0.303 e. The predicted octanol–water partition coefficient (Wildman–Crippen LogP) is 3.05. The molecule has 1 aliphatic carbocycles. The fourth-order valence-electron chi connectivity index (χ4n) is 7.26. The second kappa shape index (κ2) is 8.22. The van der Waals surface area contributed by atoms with Gasteiger partial charge in [-0.05, 0) is 77.8 Å². The first kappa shape index (κ1) is 22.3. The van der Waals surface area contributed by atoms with Gasteiger partial charge in [-0.2, -0.15) is 5.26 Å². The van der Waals surface area contributed by atoms with Crippen molar-refractivity contribution in [2.75, 3.05) is 31.1 Å². The Labute approximate surface area is 207 Å². The van der Waals surface area contributed by atoms with Gasteiger partial charge in [-0.25, -0.2) is 4.58 Å². The number of hydrogen-bond acceptors (Lipinski definition) is 3. The highest BCUT2D eigenvalue weighted by Gasteiger charge is 2.39. The molecule has 180 valence electrons. The fourth-order valence-corrected chi connectivity index (χ4v) is 7.26. The van der Waals surface area contributed by atoms with Crippen LogP contribution in [0.25, 0.3) is 5.57 Å². The van der Waals surface area contributed by atoms with E-state index in [0.29, 0.717) is 6.42 Å². The molecule has 0 unspecified atom stereocenters. The molecule has 0 atom stereocenters. The van der Waals surface area contributed by atoms with Gasteiger partial charge in [0.15, 0.2) is 0 Å². The summed E-state index contributed by atoms with van der Waals surface area (Å²) in [5, 5.41) is 22.2. The van der Waals surface area contributed by atoms with Gasteiger partial charge >= 0.3 is 5.97 Å². The molecule has 5 heteroatoms. The molecule has 0 amide bonds. The third kappa shape index (κ3) is 3.41. The van der Waals surface area contributed by atoms with Gasteiger partial charge in [0, 0.05) is 54.6 Å². The number of fused-ring (bicyclic) bond motifs is 4. The van der Waals surface area contributed by atoms with Crippen LogP contribution >= 0.6 is 0 Å². The van der Waals surface area contributed by atoms with Crippen LogP contribution in [-0.2, 0) is 29.5 Å². The van der Waals surface area contributed by atoms with Crippen molar-refractivity contribution >= 4 is 17.2 Å². The summed E-state index contributed by atoms with van der Waals surface area (Å²) >= 11 is 0. The number of rotatable bonds is 4. The van der Waals surface area contributed by atoms with Crippen LogP contribution in [0.4, 0.5) is 5.69 Å². The van der Waals surface area contributed by atoms with Crippen LogP contribution in [0, 0.1) is 11.3 Å². The normalized spacial score (nSPS) is 19.3. The van der Waals surface area contributed by atoms with Crippen molar-refractivity contribution < 1.29 is 9.90 Å². The fraction of sp³-hybridized carbons (Fsp3) is 0.500. The first-order chi connectivity index (χ1) is 16.9. The van der Waals surface area contributed by atoms with Crippen LogP contribution in [0.2, 0.25) is 0 Å². The monoisotopic (exact) mass is 468 g/mol. The van der Waals surface area contributed by atoms with E-state index in [-0.39, 0.29) is 11.8 Å². The topological polar surface area (TPSA) is 67.3 Å². The lowest BCUT2D eigenvalue weighted by Gasteiger charge is -2.39. The average Bonchev–Trinajstić information content (AvgIpc) is 2.83. The highest BCUT2D eigenvalue weighted by atomic mass is 16.4. The summed E-state index contributed by atoms with van der Waals surface area (Å²) in [4.78, 5) is 13.5. The molecule has 0 bridgehead atoms. The Balaban J connectivity index is 1.58. The van der Waals surface area contributed by atoms with E-state index >= 15 is 0 Å². The highest BCUT2D eigenvalue weighted by molar-refractivity contribution is 5.85.